The Kier molecular flexibility index (Phi) is 11.7. The monoisotopic (exact) mass is 575 g/mol. The van der Waals surface area contributed by atoms with Gasteiger partial charge in [0.05, 0.1) is 22.7 Å². The number of nitrogens with zero attached hydrogens (tertiary/aromatic N) is 1. The number of alkyl halides is 2. The fourth-order valence-corrected chi connectivity index (χ4v) is 5.12. The molecule has 0 bridgehead atoms. The van der Waals surface area contributed by atoms with Gasteiger partial charge >= 0.3 is 0 Å². The number of hydrogen-bond donors (Lipinski definition) is 2. The second-order valence-electron chi connectivity index (χ2n) is 6.58. The van der Waals surface area contributed by atoms with E-state index in [0.717, 1.165) is 12.4 Å². The number of carbonyl (C=O) groups excluding carboxylic acids is 1. The molecule has 2 aromatic rings. The van der Waals surface area contributed by atoms with Crippen LogP contribution in [0.2, 0.25) is 0 Å². The first kappa shape index (κ1) is 29.3. The van der Waals surface area contributed by atoms with E-state index in [1.54, 1.807) is 6.07 Å². The smallest absolute Gasteiger partial charge is 0.264 e. The molecule has 0 spiro atoms. The molecule has 0 aromatic heterocycles. The zero-order valence-electron chi connectivity index (χ0n) is 17.6. The Morgan fingerprint density at radius 2 is 1.67 bits per heavy atom. The van der Waals surface area contributed by atoms with Gasteiger partial charge in [-0.25, -0.2) is 32.2 Å². The van der Waals surface area contributed by atoms with Crippen molar-refractivity contribution in [2.75, 3.05) is 5.75 Å². The van der Waals surface area contributed by atoms with Crippen LogP contribution in [0.5, 0.6) is 0 Å². The van der Waals surface area contributed by atoms with E-state index in [2.05, 4.69) is 15.0 Å². The fraction of sp³-hybridized carbons (Fsp3) is 0.250. The summed E-state index contributed by atoms with van der Waals surface area (Å²) in [6.45, 7) is 2.75. The topological polar surface area (TPSA) is 122 Å². The van der Waals surface area contributed by atoms with Crippen LogP contribution in [-0.2, 0) is 63.1 Å². The van der Waals surface area contributed by atoms with Crippen LogP contribution in [0.3, 0.4) is 0 Å². The number of aliphatic imine (C=N–C) groups is 1. The molecule has 1 amide bonds. The summed E-state index contributed by atoms with van der Waals surface area (Å²) in [5.41, 5.74) is -0.504. The predicted octanol–water partition coefficient (Wildman–Crippen LogP) is 2.21. The third-order valence-corrected chi connectivity index (χ3v) is 7.07. The molecule has 0 aliphatic rings. The maximum atomic E-state index is 13.2. The Labute approximate surface area is 217 Å². The summed E-state index contributed by atoms with van der Waals surface area (Å²) in [6, 6.07) is 11.0. The van der Waals surface area contributed by atoms with Gasteiger partial charge in [-0.3, -0.25) is 14.5 Å². The third-order valence-electron chi connectivity index (χ3n) is 4.18. The van der Waals surface area contributed by atoms with E-state index >= 15 is 0 Å². The quantitative estimate of drug-likeness (QED) is 0.242. The molecule has 0 aliphatic heterocycles. The molecule has 0 aliphatic carbocycles. The van der Waals surface area contributed by atoms with Gasteiger partial charge in [-0.15, -0.1) is 0 Å². The van der Waals surface area contributed by atoms with E-state index in [1.165, 1.54) is 55.9 Å². The van der Waals surface area contributed by atoms with Crippen LogP contribution < -0.4 is 10.0 Å². The minimum absolute atomic E-state index is 0. The van der Waals surface area contributed by atoms with Crippen molar-refractivity contribution in [2.45, 2.75) is 30.0 Å². The number of benzene rings is 2. The van der Waals surface area contributed by atoms with Crippen molar-refractivity contribution in [1.82, 2.24) is 10.0 Å². The average Bonchev–Trinajstić information content (AvgIpc) is 2.73. The molecule has 0 unspecified atom stereocenters. The predicted molar refractivity (Wildman–Crippen MR) is 116 cm³/mol. The molecule has 0 heterocycles. The Bertz CT molecular complexity index is 1160. The first-order valence-electron chi connectivity index (χ1n) is 9.29. The zero-order chi connectivity index (χ0) is 23.8. The summed E-state index contributed by atoms with van der Waals surface area (Å²) >= 11 is 0. The first-order valence-corrected chi connectivity index (χ1v) is 12.6. The molecule has 2 aromatic carbocycles. The van der Waals surface area contributed by atoms with Crippen LogP contribution in [0.4, 0.5) is 8.78 Å². The van der Waals surface area contributed by atoms with Crippen LogP contribution in [0.25, 0.3) is 0 Å². The summed E-state index contributed by atoms with van der Waals surface area (Å²) in [7, 11) is -8.04. The minimum atomic E-state index is -4.07. The first-order chi connectivity index (χ1) is 15.1. The third kappa shape index (κ3) is 9.19. The summed E-state index contributed by atoms with van der Waals surface area (Å²) < 4.78 is 78.1. The van der Waals surface area contributed by atoms with Crippen molar-refractivity contribution < 1.29 is 63.1 Å². The molecule has 2 rings (SSSR count). The van der Waals surface area contributed by atoms with E-state index in [4.69, 9.17) is 0 Å². The summed E-state index contributed by atoms with van der Waals surface area (Å²) in [6.07, 6.45) is -2.13. The van der Waals surface area contributed by atoms with Gasteiger partial charge in [-0.05, 0) is 17.7 Å². The van der Waals surface area contributed by atoms with Gasteiger partial charge in [-0.2, -0.15) is 6.92 Å². The molecule has 0 saturated heterocycles. The van der Waals surface area contributed by atoms with Crippen molar-refractivity contribution in [3.8, 4) is 0 Å². The van der Waals surface area contributed by atoms with Crippen molar-refractivity contribution >= 4 is 32.1 Å². The molecule has 177 valence electrons. The van der Waals surface area contributed by atoms with Gasteiger partial charge < -0.3 is 5.32 Å². The van der Waals surface area contributed by atoms with Crippen molar-refractivity contribution in [2.24, 2.45) is 4.99 Å². The van der Waals surface area contributed by atoms with Gasteiger partial charge in [0.25, 0.3) is 16.4 Å². The normalized spacial score (nSPS) is 12.8. The number of sulfonamides is 1. The molecule has 8 nitrogen and oxygen atoms in total. The largest absolute Gasteiger partial charge is 0.504 e. The van der Waals surface area contributed by atoms with Crippen LogP contribution in [0.15, 0.2) is 64.5 Å². The maximum absolute atomic E-state index is 13.2. The molecular formula is C20H22F2N3O5S2Y-. The van der Waals surface area contributed by atoms with Crippen molar-refractivity contribution in [1.29, 1.82) is 0 Å². The summed E-state index contributed by atoms with van der Waals surface area (Å²) in [4.78, 5) is 16.0. The van der Waals surface area contributed by atoms with Gasteiger partial charge in [-0.1, -0.05) is 42.5 Å². The molecule has 0 saturated carbocycles. The fourth-order valence-electron chi connectivity index (χ4n) is 2.70. The molecule has 33 heavy (non-hydrogen) atoms. The average molecular weight is 575 g/mol. The summed E-state index contributed by atoms with van der Waals surface area (Å²) in [5.74, 6) is -2.33. The second-order valence-corrected chi connectivity index (χ2v) is 10.4. The number of amides is 1. The molecule has 0 fully saturated rings. The number of hydrogen-bond acceptors (Lipinski definition) is 6. The van der Waals surface area contributed by atoms with E-state index in [1.807, 2.05) is 0 Å². The number of rotatable bonds is 11. The van der Waals surface area contributed by atoms with Gasteiger partial charge in [0.2, 0.25) is 5.91 Å². The number of halogens is 2. The Hall–Kier alpha value is -1.76. The molecule has 13 heteroatoms. The van der Waals surface area contributed by atoms with E-state index in [0.29, 0.717) is 0 Å². The van der Waals surface area contributed by atoms with E-state index in [9.17, 15) is 30.4 Å². The van der Waals surface area contributed by atoms with Crippen molar-refractivity contribution in [3.63, 3.8) is 0 Å². The van der Waals surface area contributed by atoms with E-state index in [-0.39, 0.29) is 43.2 Å². The van der Waals surface area contributed by atoms with Crippen LogP contribution in [0.1, 0.15) is 24.5 Å². The SMILES string of the molecule is C[CH-]NC(=O)[C@H](CS(=O)(=O)Cc1ccccc1C(F)F)N=CNS(=O)(=O)c1ccccc1.[Y]. The van der Waals surface area contributed by atoms with Gasteiger partial charge in [0.1, 0.15) is 6.04 Å². The van der Waals surface area contributed by atoms with Crippen LogP contribution in [0, 0.1) is 6.54 Å². The standard InChI is InChI=1S/C20H22F2N3O5S2.Y/c1-2-23-20(26)18(24-14-25-32(29,30)16-9-4-3-5-10-16)13-31(27,28)12-15-8-6-7-11-17(15)19(21)22;/h2-11,14,18-19H,12-13H2,1H3,(H,23,26)(H,24,25);/q-1;/t18-;/m0./s1. The zero-order valence-corrected chi connectivity index (χ0v) is 22.0. The number of sulfone groups is 1. The second kappa shape index (κ2) is 13.2. The van der Waals surface area contributed by atoms with Crippen molar-refractivity contribution in [3.05, 3.63) is 72.3 Å². The Morgan fingerprint density at radius 3 is 2.27 bits per heavy atom. The number of nitrogens with one attached hydrogen (secondary N) is 2. The minimum Gasteiger partial charge on any atom is -0.504 e. The molecule has 1 radical (unpaired) electrons. The number of carbonyl (C=O) groups is 1. The Balaban J connectivity index is 0.00000544. The Morgan fingerprint density at radius 1 is 1.06 bits per heavy atom. The molecular weight excluding hydrogens is 553 g/mol. The van der Waals surface area contributed by atoms with Gasteiger partial charge in [0.15, 0.2) is 9.84 Å². The maximum Gasteiger partial charge on any atom is 0.264 e. The molecule has 1 atom stereocenters. The van der Waals surface area contributed by atoms with Crippen LogP contribution >= 0.6 is 0 Å². The van der Waals surface area contributed by atoms with Gasteiger partial charge in [0, 0.05) is 38.3 Å². The van der Waals surface area contributed by atoms with Crippen LogP contribution in [-0.4, -0.2) is 40.9 Å². The van der Waals surface area contributed by atoms with E-state index < -0.39 is 55.3 Å². The summed E-state index contributed by atoms with van der Waals surface area (Å²) in [5, 5.41) is 2.30. The molecule has 2 N–H and O–H groups in total.